The first-order valence-corrected chi connectivity index (χ1v) is 33.2. The molecule has 26 heteroatoms. The number of amides is 2. The average Bonchev–Trinajstić information content (AvgIpc) is 1.59. The predicted octanol–water partition coefficient (Wildman–Crippen LogP) is 11.3. The van der Waals surface area contributed by atoms with E-state index in [0.29, 0.717) is 113 Å². The minimum Gasteiger partial charge on any atom is -0.463 e. The third-order valence-corrected chi connectivity index (χ3v) is 20.8. The van der Waals surface area contributed by atoms with Gasteiger partial charge in [0, 0.05) is 136 Å². The fraction of sp³-hybridized carbons (Fsp3) is 0.486. The topological polar surface area (TPSA) is 139 Å². The number of hydrogen-bond donors (Lipinski definition) is 0. The molecule has 0 N–H and O–H groups in total. The quantitative estimate of drug-likeness (QED) is 0.0458. The highest BCUT2D eigenvalue weighted by molar-refractivity contribution is 7.59. The van der Waals surface area contributed by atoms with Crippen LogP contribution in [0.1, 0.15) is 62.0 Å². The number of nitrogens with zero attached hydrogens (tertiary/aromatic N) is 14. The molecule has 2 aliphatic carbocycles. The monoisotopic (exact) mass is 1390 g/mol. The smallest absolute Gasteiger partial charge is 0.318 e. The number of hydrogen-bond acceptors (Lipinski definition) is 14. The lowest BCUT2D eigenvalue weighted by Crippen LogP contribution is -2.57. The Balaban J connectivity index is 0.000000191. The van der Waals surface area contributed by atoms with Gasteiger partial charge in [-0.05, 0) is 85.4 Å². The molecule has 8 aliphatic rings. The molecular formula is C70H80Cl2F4N14O4S2. The van der Waals surface area contributed by atoms with Gasteiger partial charge in [0.05, 0.1) is 47.7 Å². The molecule has 6 aromatic rings. The fourth-order valence-electron chi connectivity index (χ4n) is 14.8. The molecule has 2 aromatic heterocycles. The Morgan fingerprint density at radius 1 is 0.573 bits per heavy atom. The summed E-state index contributed by atoms with van der Waals surface area (Å²) >= 11 is 13.0. The molecule has 508 valence electrons. The molecule has 6 aliphatic heterocycles. The molecular weight excluding hydrogens is 1310 g/mol. The summed E-state index contributed by atoms with van der Waals surface area (Å²) in [6.45, 7) is 37.6. The lowest BCUT2D eigenvalue weighted by Gasteiger charge is -2.41. The number of benzene rings is 4. The van der Waals surface area contributed by atoms with Gasteiger partial charge in [-0.3, -0.25) is 9.59 Å². The number of rotatable bonds is 18. The summed E-state index contributed by atoms with van der Waals surface area (Å²) in [4.78, 5) is 68.3. The van der Waals surface area contributed by atoms with Crippen molar-refractivity contribution in [3.8, 4) is 12.0 Å². The van der Waals surface area contributed by atoms with Crippen molar-refractivity contribution in [1.82, 2.24) is 39.5 Å². The van der Waals surface area contributed by atoms with Crippen molar-refractivity contribution in [3.63, 3.8) is 0 Å². The van der Waals surface area contributed by atoms with Crippen molar-refractivity contribution in [2.24, 2.45) is 22.7 Å². The Morgan fingerprint density at radius 2 is 0.969 bits per heavy atom. The molecule has 2 saturated carbocycles. The molecule has 96 heavy (non-hydrogen) atoms. The number of ether oxygens (including phenoxy) is 2. The molecule has 0 spiro atoms. The Hall–Kier alpha value is -7.32. The third-order valence-electron chi connectivity index (χ3n) is 20.0. The van der Waals surface area contributed by atoms with Gasteiger partial charge in [-0.15, -0.1) is 0 Å². The molecule has 6 fully saturated rings. The standard InChI is InChI=1S/2C35H38ClF2N7O2.2H2S/c2*1-22-16-42(17-22)20-35(10-11-35)21-47-34-40-28-19-43(29-6-4-5-24-7-8-27(38)31(36)30(24)29)12-9-26(28)32(41-34)44-13-14-45(33(46)23(2)37)25(18-44)15-39-3;;/h2*4-8,22,25H,2,9-21H2,1H3;2*1H2/t2*25-;;/m00../s1. The zero-order valence-corrected chi connectivity index (χ0v) is 57.6. The first kappa shape index (κ1) is 70.0. The molecule has 14 rings (SSSR count). The summed E-state index contributed by atoms with van der Waals surface area (Å²) in [5.41, 5.74) is 5.43. The first-order chi connectivity index (χ1) is 45.3. The normalized spacial score (nSPS) is 20.4. The van der Waals surface area contributed by atoms with Crippen molar-refractivity contribution in [2.45, 2.75) is 77.5 Å². The molecule has 8 heterocycles. The van der Waals surface area contributed by atoms with Crippen LogP contribution in [-0.2, 0) is 35.5 Å². The van der Waals surface area contributed by atoms with Crippen LogP contribution < -0.4 is 29.1 Å². The lowest BCUT2D eigenvalue weighted by atomic mass is 9.99. The van der Waals surface area contributed by atoms with E-state index in [1.165, 1.54) is 21.9 Å². The van der Waals surface area contributed by atoms with Crippen molar-refractivity contribution in [1.29, 1.82) is 0 Å². The molecule has 4 aromatic carbocycles. The molecule has 0 radical (unpaired) electrons. The van der Waals surface area contributed by atoms with Crippen molar-refractivity contribution in [2.75, 3.05) is 138 Å². The second kappa shape index (κ2) is 29.0. The number of carbonyl (C=O) groups excluding carboxylic acids is 2. The van der Waals surface area contributed by atoms with Crippen molar-refractivity contribution in [3.05, 3.63) is 153 Å². The van der Waals surface area contributed by atoms with Gasteiger partial charge in [0.1, 0.15) is 35.4 Å². The number of fused-ring (bicyclic) bond motifs is 4. The van der Waals surface area contributed by atoms with E-state index in [9.17, 15) is 27.2 Å². The van der Waals surface area contributed by atoms with E-state index in [-0.39, 0.29) is 74.0 Å². The number of likely N-dealkylation sites (tertiary alicyclic amines) is 2. The number of halogens is 6. The van der Waals surface area contributed by atoms with Crippen LogP contribution in [0.2, 0.25) is 10.0 Å². The Kier molecular flexibility index (Phi) is 21.2. The maximum absolute atomic E-state index is 14.6. The van der Waals surface area contributed by atoms with E-state index in [2.05, 4.69) is 66.1 Å². The van der Waals surface area contributed by atoms with Gasteiger partial charge in [-0.25, -0.2) is 30.7 Å². The molecule has 2 atom stereocenters. The van der Waals surface area contributed by atoms with Gasteiger partial charge in [0.15, 0.2) is 11.7 Å². The van der Waals surface area contributed by atoms with Crippen LogP contribution in [0.25, 0.3) is 31.2 Å². The number of carbonyl (C=O) groups is 2. The molecule has 2 amide bonds. The summed E-state index contributed by atoms with van der Waals surface area (Å²) in [5, 5.41) is 3.22. The predicted molar refractivity (Wildman–Crippen MR) is 377 cm³/mol. The van der Waals surface area contributed by atoms with E-state index in [1.54, 1.807) is 12.1 Å². The highest BCUT2D eigenvalue weighted by Crippen LogP contribution is 2.49. The maximum Gasteiger partial charge on any atom is 0.318 e. The first-order valence-electron chi connectivity index (χ1n) is 32.5. The largest absolute Gasteiger partial charge is 0.463 e. The van der Waals surface area contributed by atoms with Crippen LogP contribution in [-0.4, -0.2) is 181 Å². The Labute approximate surface area is 581 Å². The number of piperazine rings is 2. The van der Waals surface area contributed by atoms with E-state index in [1.807, 2.05) is 36.4 Å². The Bertz CT molecular complexity index is 3810. The van der Waals surface area contributed by atoms with Crippen molar-refractivity contribution < 1.29 is 36.6 Å². The van der Waals surface area contributed by atoms with E-state index in [0.717, 1.165) is 121 Å². The number of aromatic nitrogens is 4. The molecule has 0 unspecified atom stereocenters. The minimum atomic E-state index is -1.03. The third kappa shape index (κ3) is 14.6. The van der Waals surface area contributed by atoms with Gasteiger partial charge in [-0.1, -0.05) is 86.6 Å². The van der Waals surface area contributed by atoms with Gasteiger partial charge in [0.2, 0.25) is 13.1 Å². The van der Waals surface area contributed by atoms with Gasteiger partial charge in [-0.2, -0.15) is 46.9 Å². The summed E-state index contributed by atoms with van der Waals surface area (Å²) in [6.07, 6.45) is 5.65. The highest BCUT2D eigenvalue weighted by Gasteiger charge is 2.48. The average molecular weight is 1390 g/mol. The summed E-state index contributed by atoms with van der Waals surface area (Å²) in [5.74, 6) is -1.64. The SMILES string of the molecule is S.S.[C-]#[N+]C[C@H]1CN(c2nc(OCC3(CN4CC(C)C4)CC3)nc3c2CCN(c2cccc4ccc(F)c(Cl)c24)C3)CCN1C(=O)C(=C)F.[C-]#[N+]C[C@H]1CN(c2nc(OCC3(CN4CC(C)C4)CC3)nc3c2CCN(c2cccc4ccc(F)c(Cl)c24)C3)CCN1C(=O)C(=C)F. The maximum atomic E-state index is 14.6. The lowest BCUT2D eigenvalue weighted by molar-refractivity contribution is -0.131. The fourth-order valence-corrected chi connectivity index (χ4v) is 15.3. The van der Waals surface area contributed by atoms with Crippen molar-refractivity contribution >= 4 is 107 Å². The Morgan fingerprint density at radius 3 is 1.32 bits per heavy atom. The minimum absolute atomic E-state index is 0. The summed E-state index contributed by atoms with van der Waals surface area (Å²) < 4.78 is 69.7. The van der Waals surface area contributed by atoms with Gasteiger partial charge < -0.3 is 58.4 Å². The van der Waals surface area contributed by atoms with Crippen LogP contribution in [0.3, 0.4) is 0 Å². The highest BCUT2D eigenvalue weighted by atomic mass is 35.5. The van der Waals surface area contributed by atoms with Crippen LogP contribution in [0, 0.1) is 47.4 Å². The second-order valence-electron chi connectivity index (χ2n) is 27.2. The zero-order chi connectivity index (χ0) is 65.7. The molecule has 18 nitrogen and oxygen atoms in total. The summed E-state index contributed by atoms with van der Waals surface area (Å²) in [7, 11) is 0. The zero-order valence-electron chi connectivity index (χ0n) is 54.0. The van der Waals surface area contributed by atoms with Crippen LogP contribution in [0.4, 0.5) is 40.6 Å². The van der Waals surface area contributed by atoms with E-state index in [4.69, 9.17) is 65.8 Å². The van der Waals surface area contributed by atoms with Crippen LogP contribution >= 0.6 is 50.2 Å². The molecule has 0 bridgehead atoms. The van der Waals surface area contributed by atoms with Gasteiger partial charge >= 0.3 is 12.0 Å². The van der Waals surface area contributed by atoms with Crippen LogP contribution in [0.15, 0.2) is 85.5 Å². The van der Waals surface area contributed by atoms with E-state index < -0.39 is 47.2 Å². The van der Waals surface area contributed by atoms with Gasteiger partial charge in [0.25, 0.3) is 11.8 Å². The molecule has 4 saturated heterocycles. The van der Waals surface area contributed by atoms with E-state index >= 15 is 0 Å². The summed E-state index contributed by atoms with van der Waals surface area (Å²) in [6, 6.07) is 17.4. The number of anilines is 4. The second-order valence-corrected chi connectivity index (χ2v) is 27.9. The van der Waals surface area contributed by atoms with Crippen LogP contribution in [0.5, 0.6) is 12.0 Å².